The highest BCUT2D eigenvalue weighted by Gasteiger charge is 2.31. The summed E-state index contributed by atoms with van der Waals surface area (Å²) in [5.74, 6) is 1.73. The Morgan fingerprint density at radius 3 is 2.82 bits per heavy atom. The normalized spacial score (nSPS) is 16.0. The highest BCUT2D eigenvalue weighted by atomic mass is 19.4. The highest BCUT2D eigenvalue weighted by Crippen LogP contribution is 2.37. The van der Waals surface area contributed by atoms with E-state index in [0.29, 0.717) is 11.9 Å². The molecule has 1 unspecified atom stereocenters. The number of ether oxygens (including phenoxy) is 1. The van der Waals surface area contributed by atoms with Gasteiger partial charge < -0.3 is 25.7 Å². The third-order valence-corrected chi connectivity index (χ3v) is 5.79. The van der Waals surface area contributed by atoms with Crippen molar-refractivity contribution in [3.63, 3.8) is 0 Å². The fourth-order valence-electron chi connectivity index (χ4n) is 4.26. The first-order chi connectivity index (χ1) is 16.3. The van der Waals surface area contributed by atoms with Crippen molar-refractivity contribution < 1.29 is 17.9 Å². The van der Waals surface area contributed by atoms with E-state index in [1.165, 1.54) is 12.1 Å². The molecule has 0 amide bonds. The number of H-pyrrole nitrogens is 1. The zero-order chi connectivity index (χ0) is 24.1. The fraction of sp³-hybridized carbons (Fsp3) is 0.500. The molecule has 34 heavy (non-hydrogen) atoms. The molecule has 0 bridgehead atoms. The van der Waals surface area contributed by atoms with E-state index < -0.39 is 6.36 Å². The number of aryl methyl sites for hydroxylation is 1. The lowest BCUT2D eigenvalue weighted by Crippen LogP contribution is -2.27. The summed E-state index contributed by atoms with van der Waals surface area (Å²) in [5, 5.41) is 10.9. The molecule has 2 aromatic heterocycles. The fourth-order valence-corrected chi connectivity index (χ4v) is 4.26. The molecule has 3 aromatic rings. The monoisotopic (exact) mass is 476 g/mol. The van der Waals surface area contributed by atoms with Crippen LogP contribution in [0.2, 0.25) is 0 Å². The van der Waals surface area contributed by atoms with Crippen LogP contribution < -0.4 is 20.7 Å². The van der Waals surface area contributed by atoms with Gasteiger partial charge in [0.2, 0.25) is 5.95 Å². The number of nitrogens with zero attached hydrogens (tertiary/aromatic N) is 2. The topological polar surface area (TPSA) is 86.9 Å². The van der Waals surface area contributed by atoms with Crippen molar-refractivity contribution in [3.8, 4) is 5.75 Å². The maximum absolute atomic E-state index is 12.6. The van der Waals surface area contributed by atoms with Crippen molar-refractivity contribution in [2.75, 3.05) is 30.3 Å². The lowest BCUT2D eigenvalue weighted by molar-refractivity contribution is -0.274. The Morgan fingerprint density at radius 1 is 1.18 bits per heavy atom. The number of hydrogen-bond acceptors (Lipinski definition) is 6. The number of aromatic nitrogens is 3. The van der Waals surface area contributed by atoms with Gasteiger partial charge in [-0.2, -0.15) is 4.98 Å². The predicted molar refractivity (Wildman–Crippen MR) is 127 cm³/mol. The number of fused-ring (bicyclic) bond motifs is 3. The molecule has 1 aromatic carbocycles. The molecule has 0 saturated heterocycles. The van der Waals surface area contributed by atoms with Crippen LogP contribution in [-0.2, 0) is 6.42 Å². The van der Waals surface area contributed by atoms with Gasteiger partial charge in [0.25, 0.3) is 0 Å². The molecule has 4 rings (SSSR count). The molecule has 1 aliphatic carbocycles. The maximum Gasteiger partial charge on any atom is 0.573 e. The van der Waals surface area contributed by atoms with E-state index in [1.54, 1.807) is 12.3 Å². The summed E-state index contributed by atoms with van der Waals surface area (Å²) in [7, 11) is 0. The first-order valence-electron chi connectivity index (χ1n) is 11.7. The largest absolute Gasteiger partial charge is 0.573 e. The van der Waals surface area contributed by atoms with E-state index in [1.807, 2.05) is 6.07 Å². The Kier molecular flexibility index (Phi) is 7.45. The lowest BCUT2D eigenvalue weighted by atomic mass is 9.91. The smallest absolute Gasteiger partial charge is 0.406 e. The van der Waals surface area contributed by atoms with Gasteiger partial charge in [-0.05, 0) is 68.0 Å². The zero-order valence-corrected chi connectivity index (χ0v) is 19.4. The number of hydrogen-bond donors (Lipinski definition) is 4. The Bertz CT molecular complexity index is 1100. The second kappa shape index (κ2) is 10.5. The van der Waals surface area contributed by atoms with Crippen LogP contribution in [0.1, 0.15) is 50.4 Å². The van der Waals surface area contributed by atoms with E-state index in [0.717, 1.165) is 73.3 Å². The van der Waals surface area contributed by atoms with Gasteiger partial charge in [-0.3, -0.25) is 0 Å². The van der Waals surface area contributed by atoms with Crippen LogP contribution in [0.15, 0.2) is 30.5 Å². The summed E-state index contributed by atoms with van der Waals surface area (Å²) in [5.41, 5.74) is 2.97. The predicted octanol–water partition coefficient (Wildman–Crippen LogP) is 5.39. The lowest BCUT2D eigenvalue weighted by Gasteiger charge is -2.24. The van der Waals surface area contributed by atoms with Gasteiger partial charge in [0.15, 0.2) is 0 Å². The quantitative estimate of drug-likeness (QED) is 0.294. The average molecular weight is 477 g/mol. The molecule has 10 heteroatoms. The SMILES string of the molecule is CC(C)CNc1nccc(NCCCNC2CCCc3c2[nH]c2ccc(OC(F)(F)F)cc32)n1. The minimum Gasteiger partial charge on any atom is -0.406 e. The molecule has 0 aliphatic heterocycles. The third kappa shape index (κ3) is 6.31. The zero-order valence-electron chi connectivity index (χ0n) is 19.4. The minimum atomic E-state index is -4.69. The second-order valence-corrected chi connectivity index (χ2v) is 8.99. The van der Waals surface area contributed by atoms with Crippen LogP contribution in [-0.4, -0.2) is 40.9 Å². The molecule has 1 aliphatic rings. The van der Waals surface area contributed by atoms with Crippen LogP contribution in [0.5, 0.6) is 5.75 Å². The van der Waals surface area contributed by atoms with Gasteiger partial charge in [0.05, 0.1) is 0 Å². The summed E-state index contributed by atoms with van der Waals surface area (Å²) in [6.07, 6.45) is 0.740. The Labute approximate surface area is 196 Å². The molecular weight excluding hydrogens is 445 g/mol. The second-order valence-electron chi connectivity index (χ2n) is 8.99. The number of anilines is 2. The Morgan fingerprint density at radius 2 is 2.03 bits per heavy atom. The van der Waals surface area contributed by atoms with Crippen LogP contribution in [0.4, 0.5) is 24.9 Å². The van der Waals surface area contributed by atoms with E-state index in [4.69, 9.17) is 0 Å². The van der Waals surface area contributed by atoms with Gasteiger partial charge in [-0.1, -0.05) is 13.8 Å². The molecule has 0 saturated carbocycles. The first kappa shape index (κ1) is 24.1. The number of nitrogens with one attached hydrogen (secondary N) is 4. The summed E-state index contributed by atoms with van der Waals surface area (Å²) in [6.45, 7) is 6.65. The van der Waals surface area contributed by atoms with Crippen LogP contribution in [0.25, 0.3) is 10.9 Å². The Hall–Kier alpha value is -3.01. The van der Waals surface area contributed by atoms with Crippen LogP contribution in [0.3, 0.4) is 0 Å². The van der Waals surface area contributed by atoms with Gasteiger partial charge in [-0.25, -0.2) is 4.98 Å². The van der Waals surface area contributed by atoms with E-state index in [9.17, 15) is 13.2 Å². The van der Waals surface area contributed by atoms with Gasteiger partial charge in [0.1, 0.15) is 11.6 Å². The standard InChI is InChI=1S/C24H31F3N6O/c1-15(2)14-31-23-30-12-9-21(33-23)29-11-4-10-28-20-6-3-5-17-18-13-16(34-24(25,26)27)7-8-19(18)32-22(17)20/h7-9,12-13,15,20,28,32H,3-6,10-11,14H2,1-2H3,(H2,29,30,31,33). The van der Waals surface area contributed by atoms with Gasteiger partial charge >= 0.3 is 6.36 Å². The molecule has 0 radical (unpaired) electrons. The van der Waals surface area contributed by atoms with Crippen molar-refractivity contribution in [2.24, 2.45) is 5.92 Å². The van der Waals surface area contributed by atoms with Gasteiger partial charge in [0, 0.05) is 41.9 Å². The summed E-state index contributed by atoms with van der Waals surface area (Å²) < 4.78 is 41.9. The number of rotatable bonds is 10. The molecular formula is C24H31F3N6O. The summed E-state index contributed by atoms with van der Waals surface area (Å²) >= 11 is 0. The third-order valence-electron chi connectivity index (χ3n) is 5.79. The first-order valence-corrected chi connectivity index (χ1v) is 11.7. The van der Waals surface area contributed by atoms with Crippen molar-refractivity contribution in [3.05, 3.63) is 41.7 Å². The Balaban J connectivity index is 1.30. The number of benzene rings is 1. The van der Waals surface area contributed by atoms with E-state index in [-0.39, 0.29) is 11.8 Å². The van der Waals surface area contributed by atoms with Gasteiger partial charge in [-0.15, -0.1) is 13.2 Å². The van der Waals surface area contributed by atoms with E-state index in [2.05, 4.69) is 49.5 Å². The molecule has 0 fully saturated rings. The van der Waals surface area contributed by atoms with Crippen LogP contribution in [0, 0.1) is 5.92 Å². The molecule has 0 spiro atoms. The average Bonchev–Trinajstić information content (AvgIpc) is 3.15. The summed E-state index contributed by atoms with van der Waals surface area (Å²) in [4.78, 5) is 12.1. The summed E-state index contributed by atoms with van der Waals surface area (Å²) in [6, 6.07) is 6.48. The molecule has 4 N–H and O–H groups in total. The molecule has 2 heterocycles. The molecule has 1 atom stereocenters. The number of aromatic amines is 1. The van der Waals surface area contributed by atoms with Crippen LogP contribution >= 0.6 is 0 Å². The number of halogens is 3. The molecule has 184 valence electrons. The minimum absolute atomic E-state index is 0.147. The van der Waals surface area contributed by atoms with E-state index >= 15 is 0 Å². The molecule has 7 nitrogen and oxygen atoms in total. The van der Waals surface area contributed by atoms with Crippen molar-refractivity contribution in [1.29, 1.82) is 0 Å². The van der Waals surface area contributed by atoms with Crippen molar-refractivity contribution in [2.45, 2.75) is 51.9 Å². The maximum atomic E-state index is 12.6. The van der Waals surface area contributed by atoms with Crippen molar-refractivity contribution >= 4 is 22.7 Å². The number of alkyl halides is 3. The highest BCUT2D eigenvalue weighted by molar-refractivity contribution is 5.86. The van der Waals surface area contributed by atoms with Crippen molar-refractivity contribution in [1.82, 2.24) is 20.3 Å².